The lowest BCUT2D eigenvalue weighted by Crippen LogP contribution is -2.46. The second-order valence-corrected chi connectivity index (χ2v) is 9.24. The number of benzene rings is 2. The van der Waals surface area contributed by atoms with Crippen LogP contribution in [0.1, 0.15) is 35.2 Å². The third-order valence-corrected chi connectivity index (χ3v) is 7.08. The van der Waals surface area contributed by atoms with E-state index >= 15 is 0 Å². The third kappa shape index (κ3) is 3.79. The van der Waals surface area contributed by atoms with Crippen molar-refractivity contribution in [3.8, 4) is 0 Å². The van der Waals surface area contributed by atoms with E-state index in [4.69, 9.17) is 11.6 Å². The number of amides is 2. The second kappa shape index (κ2) is 8.10. The van der Waals surface area contributed by atoms with Crippen molar-refractivity contribution in [2.75, 3.05) is 19.6 Å². The number of aromatic amines is 1. The number of carbonyl (C=O) groups excluding carboxylic acids is 2. The van der Waals surface area contributed by atoms with Gasteiger partial charge in [0.1, 0.15) is 0 Å². The summed E-state index contributed by atoms with van der Waals surface area (Å²) in [5, 5.41) is 1.56. The Balaban J connectivity index is 1.26. The number of carbonyl (C=O) groups is 2. The molecule has 5 rings (SSSR count). The number of rotatable bonds is 3. The summed E-state index contributed by atoms with van der Waals surface area (Å²) in [5.41, 5.74) is 1.67. The van der Waals surface area contributed by atoms with Gasteiger partial charge in [-0.05, 0) is 60.5 Å². The molecule has 2 amide bonds. The SMILES string of the molecule is O=C(c1ccc2ccc(=O)[nH]c2c1)N1CCC2(CC1)CCN(Cc1cccc(Cl)c1)C2=O. The third-order valence-electron chi connectivity index (χ3n) is 6.84. The largest absolute Gasteiger partial charge is 0.339 e. The molecule has 2 aromatic carbocycles. The number of likely N-dealkylation sites (tertiary alicyclic amines) is 2. The van der Waals surface area contributed by atoms with Crippen molar-refractivity contribution in [2.24, 2.45) is 5.41 Å². The maximum Gasteiger partial charge on any atom is 0.253 e. The van der Waals surface area contributed by atoms with Gasteiger partial charge in [-0.2, -0.15) is 0 Å². The smallest absolute Gasteiger partial charge is 0.253 e. The first-order valence-corrected chi connectivity index (χ1v) is 11.3. The fraction of sp³-hybridized carbons (Fsp3) is 0.320. The Morgan fingerprint density at radius 1 is 0.969 bits per heavy atom. The number of hydrogen-bond donors (Lipinski definition) is 1. The molecule has 0 saturated carbocycles. The van der Waals surface area contributed by atoms with Gasteiger partial charge in [0, 0.05) is 48.3 Å². The molecule has 0 radical (unpaired) electrons. The van der Waals surface area contributed by atoms with Gasteiger partial charge in [-0.25, -0.2) is 0 Å². The Morgan fingerprint density at radius 3 is 2.50 bits per heavy atom. The molecule has 32 heavy (non-hydrogen) atoms. The topological polar surface area (TPSA) is 73.5 Å². The fourth-order valence-electron chi connectivity index (χ4n) is 4.97. The van der Waals surface area contributed by atoms with Gasteiger partial charge in [0.25, 0.3) is 5.91 Å². The van der Waals surface area contributed by atoms with Crippen LogP contribution in [-0.2, 0) is 11.3 Å². The summed E-state index contributed by atoms with van der Waals surface area (Å²) in [7, 11) is 0. The van der Waals surface area contributed by atoms with Gasteiger partial charge in [0.15, 0.2) is 0 Å². The molecule has 0 bridgehead atoms. The Kier molecular flexibility index (Phi) is 5.25. The van der Waals surface area contributed by atoms with Crippen LogP contribution in [0.4, 0.5) is 0 Å². The number of nitrogens with one attached hydrogen (secondary N) is 1. The molecule has 0 unspecified atom stereocenters. The lowest BCUT2D eigenvalue weighted by Gasteiger charge is -2.38. The van der Waals surface area contributed by atoms with Crippen molar-refractivity contribution in [2.45, 2.75) is 25.8 Å². The van der Waals surface area contributed by atoms with Crippen LogP contribution in [-0.4, -0.2) is 46.2 Å². The van der Waals surface area contributed by atoms with E-state index in [1.165, 1.54) is 6.07 Å². The summed E-state index contributed by atoms with van der Waals surface area (Å²) in [6.45, 7) is 2.41. The van der Waals surface area contributed by atoms with Crippen LogP contribution in [0.25, 0.3) is 10.9 Å². The molecule has 0 atom stereocenters. The average molecular weight is 450 g/mol. The molecule has 7 heteroatoms. The zero-order valence-corrected chi connectivity index (χ0v) is 18.4. The zero-order chi connectivity index (χ0) is 22.3. The molecule has 2 saturated heterocycles. The number of hydrogen-bond acceptors (Lipinski definition) is 3. The summed E-state index contributed by atoms with van der Waals surface area (Å²) in [6.07, 6.45) is 2.17. The highest BCUT2D eigenvalue weighted by atomic mass is 35.5. The standard InChI is InChI=1S/C25H24ClN3O3/c26-20-3-1-2-17(14-20)16-29-13-10-25(24(29)32)8-11-28(12-9-25)23(31)19-5-4-18-6-7-22(30)27-21(18)15-19/h1-7,14-15H,8-13,16H2,(H,27,30). The van der Waals surface area contributed by atoms with Crippen LogP contribution in [0.2, 0.25) is 5.02 Å². The Morgan fingerprint density at radius 2 is 1.72 bits per heavy atom. The lowest BCUT2D eigenvalue weighted by atomic mass is 9.77. The predicted octanol–water partition coefficient (Wildman–Crippen LogP) is 3.84. The molecule has 1 N–H and O–H groups in total. The minimum absolute atomic E-state index is 0.0623. The van der Waals surface area contributed by atoms with E-state index in [-0.39, 0.29) is 22.8 Å². The molecule has 2 fully saturated rings. The Hall–Kier alpha value is -3.12. The zero-order valence-electron chi connectivity index (χ0n) is 17.6. The van der Waals surface area contributed by atoms with Crippen LogP contribution in [0.15, 0.2) is 59.4 Å². The highest BCUT2D eigenvalue weighted by molar-refractivity contribution is 6.30. The summed E-state index contributed by atoms with van der Waals surface area (Å²) < 4.78 is 0. The number of H-pyrrole nitrogens is 1. The van der Waals surface area contributed by atoms with E-state index in [1.807, 2.05) is 40.1 Å². The predicted molar refractivity (Wildman–Crippen MR) is 124 cm³/mol. The van der Waals surface area contributed by atoms with E-state index < -0.39 is 0 Å². The normalized spacial score (nSPS) is 18.0. The van der Waals surface area contributed by atoms with E-state index in [2.05, 4.69) is 4.98 Å². The number of nitrogens with zero attached hydrogens (tertiary/aromatic N) is 2. The minimum Gasteiger partial charge on any atom is -0.339 e. The van der Waals surface area contributed by atoms with E-state index in [0.29, 0.717) is 48.6 Å². The first-order valence-electron chi connectivity index (χ1n) is 10.9. The average Bonchev–Trinajstić information content (AvgIpc) is 3.08. The molecule has 1 aromatic heterocycles. The first-order chi connectivity index (χ1) is 15.4. The number of piperidine rings is 1. The highest BCUT2D eigenvalue weighted by Crippen LogP contribution is 2.42. The van der Waals surface area contributed by atoms with Crippen molar-refractivity contribution in [1.82, 2.24) is 14.8 Å². The molecular weight excluding hydrogens is 426 g/mol. The molecule has 3 heterocycles. The van der Waals surface area contributed by atoms with Gasteiger partial charge >= 0.3 is 0 Å². The highest BCUT2D eigenvalue weighted by Gasteiger charge is 2.48. The van der Waals surface area contributed by atoms with Gasteiger partial charge < -0.3 is 14.8 Å². The van der Waals surface area contributed by atoms with Gasteiger partial charge in [0.05, 0.1) is 5.41 Å². The van der Waals surface area contributed by atoms with Crippen LogP contribution in [0.3, 0.4) is 0 Å². The molecule has 0 aliphatic carbocycles. The van der Waals surface area contributed by atoms with Crippen LogP contribution >= 0.6 is 11.6 Å². The van der Waals surface area contributed by atoms with Gasteiger partial charge in [-0.1, -0.05) is 29.8 Å². The molecule has 2 aliphatic heterocycles. The molecular formula is C25H24ClN3O3. The molecule has 1 spiro atoms. The van der Waals surface area contributed by atoms with Crippen molar-refractivity contribution in [3.05, 3.63) is 81.1 Å². The monoisotopic (exact) mass is 449 g/mol. The lowest BCUT2D eigenvalue weighted by molar-refractivity contribution is -0.138. The van der Waals surface area contributed by atoms with Crippen molar-refractivity contribution in [1.29, 1.82) is 0 Å². The number of fused-ring (bicyclic) bond motifs is 1. The van der Waals surface area contributed by atoms with Crippen LogP contribution < -0.4 is 5.56 Å². The van der Waals surface area contributed by atoms with E-state index in [9.17, 15) is 14.4 Å². The first kappa shape index (κ1) is 20.8. The number of aromatic nitrogens is 1. The summed E-state index contributed by atoms with van der Waals surface area (Å²) in [5.74, 6) is 0.125. The molecule has 6 nitrogen and oxygen atoms in total. The van der Waals surface area contributed by atoms with Crippen LogP contribution in [0, 0.1) is 5.41 Å². The second-order valence-electron chi connectivity index (χ2n) is 8.80. The summed E-state index contributed by atoms with van der Waals surface area (Å²) in [6, 6.07) is 16.2. The van der Waals surface area contributed by atoms with E-state index in [1.54, 1.807) is 18.2 Å². The molecule has 2 aliphatic rings. The molecule has 3 aromatic rings. The van der Waals surface area contributed by atoms with Crippen molar-refractivity contribution in [3.63, 3.8) is 0 Å². The van der Waals surface area contributed by atoms with Gasteiger partial charge in [-0.3, -0.25) is 14.4 Å². The van der Waals surface area contributed by atoms with Gasteiger partial charge in [0.2, 0.25) is 11.5 Å². The maximum absolute atomic E-state index is 13.3. The maximum atomic E-state index is 13.3. The number of pyridine rings is 1. The Bertz CT molecular complexity index is 1260. The Labute approximate surface area is 190 Å². The minimum atomic E-state index is -0.371. The van der Waals surface area contributed by atoms with E-state index in [0.717, 1.165) is 23.9 Å². The van der Waals surface area contributed by atoms with Crippen molar-refractivity contribution < 1.29 is 9.59 Å². The van der Waals surface area contributed by atoms with Gasteiger partial charge in [-0.15, -0.1) is 0 Å². The fourth-order valence-corrected chi connectivity index (χ4v) is 5.18. The van der Waals surface area contributed by atoms with Crippen LogP contribution in [0.5, 0.6) is 0 Å². The quantitative estimate of drug-likeness (QED) is 0.660. The van der Waals surface area contributed by atoms with Crippen molar-refractivity contribution >= 4 is 34.3 Å². The molecule has 164 valence electrons. The summed E-state index contributed by atoms with van der Waals surface area (Å²) >= 11 is 6.09. The number of halogens is 1. The summed E-state index contributed by atoms with van der Waals surface area (Å²) in [4.78, 5) is 44.5.